The maximum atomic E-state index is 12.2. The summed E-state index contributed by atoms with van der Waals surface area (Å²) in [5.41, 5.74) is 1.75. The Kier molecular flexibility index (Phi) is 3.51. The second kappa shape index (κ2) is 5.45. The van der Waals surface area contributed by atoms with Crippen LogP contribution in [-0.4, -0.2) is 30.0 Å². The van der Waals surface area contributed by atoms with E-state index in [0.717, 1.165) is 36.0 Å². The van der Waals surface area contributed by atoms with Crippen LogP contribution in [0.3, 0.4) is 0 Å². The van der Waals surface area contributed by atoms with Crippen LogP contribution in [-0.2, 0) is 0 Å². The van der Waals surface area contributed by atoms with Crippen LogP contribution in [0.5, 0.6) is 0 Å². The lowest BCUT2D eigenvalue weighted by molar-refractivity contribution is 0.0954. The molecule has 3 rings (SSSR count). The van der Waals surface area contributed by atoms with Gasteiger partial charge in [0.1, 0.15) is 0 Å². The van der Waals surface area contributed by atoms with E-state index in [1.54, 1.807) is 0 Å². The summed E-state index contributed by atoms with van der Waals surface area (Å²) in [6, 6.07) is 8.28. The number of carbonyl (C=O) groups is 1. The minimum atomic E-state index is 0.0168. The number of nitrogens with one attached hydrogen (secondary N) is 3. The first kappa shape index (κ1) is 12.2. The lowest BCUT2D eigenvalue weighted by Gasteiger charge is -2.11. The second-order valence-corrected chi connectivity index (χ2v) is 5.08. The van der Waals surface area contributed by atoms with E-state index in [1.807, 2.05) is 30.5 Å². The zero-order valence-electron chi connectivity index (χ0n) is 10.9. The quantitative estimate of drug-likeness (QED) is 0.785. The molecular formula is C15H19N3O. The SMILES string of the molecule is O=C(NCC[C@@H]1CCCN1)c1cccc2[nH]ccc12. The third kappa shape index (κ3) is 2.63. The van der Waals surface area contributed by atoms with Crippen molar-refractivity contribution < 1.29 is 4.79 Å². The van der Waals surface area contributed by atoms with Gasteiger partial charge in [0, 0.05) is 35.2 Å². The van der Waals surface area contributed by atoms with Crippen molar-refractivity contribution in [3.63, 3.8) is 0 Å². The largest absolute Gasteiger partial charge is 0.361 e. The molecule has 19 heavy (non-hydrogen) atoms. The molecule has 0 bridgehead atoms. The van der Waals surface area contributed by atoms with Crippen molar-refractivity contribution in [2.45, 2.75) is 25.3 Å². The first-order valence-electron chi connectivity index (χ1n) is 6.92. The van der Waals surface area contributed by atoms with E-state index in [9.17, 15) is 4.79 Å². The van der Waals surface area contributed by atoms with Crippen molar-refractivity contribution in [1.82, 2.24) is 15.6 Å². The summed E-state index contributed by atoms with van der Waals surface area (Å²) in [4.78, 5) is 15.3. The van der Waals surface area contributed by atoms with E-state index < -0.39 is 0 Å². The lowest BCUT2D eigenvalue weighted by atomic mass is 10.1. The van der Waals surface area contributed by atoms with Crippen LogP contribution in [0, 0.1) is 0 Å². The van der Waals surface area contributed by atoms with Gasteiger partial charge in [0.2, 0.25) is 0 Å². The van der Waals surface area contributed by atoms with E-state index in [2.05, 4.69) is 15.6 Å². The molecule has 0 unspecified atom stereocenters. The van der Waals surface area contributed by atoms with Gasteiger partial charge >= 0.3 is 0 Å². The minimum absolute atomic E-state index is 0.0168. The zero-order chi connectivity index (χ0) is 13.1. The van der Waals surface area contributed by atoms with Crippen molar-refractivity contribution >= 4 is 16.8 Å². The zero-order valence-corrected chi connectivity index (χ0v) is 10.9. The van der Waals surface area contributed by atoms with Crippen LogP contribution >= 0.6 is 0 Å². The van der Waals surface area contributed by atoms with Crippen LogP contribution in [0.15, 0.2) is 30.5 Å². The highest BCUT2D eigenvalue weighted by molar-refractivity contribution is 6.06. The second-order valence-electron chi connectivity index (χ2n) is 5.08. The number of amides is 1. The molecule has 1 aliphatic rings. The van der Waals surface area contributed by atoms with Crippen LogP contribution in [0.4, 0.5) is 0 Å². The Labute approximate surface area is 112 Å². The summed E-state index contributed by atoms with van der Waals surface area (Å²) >= 11 is 0. The smallest absolute Gasteiger partial charge is 0.251 e. The van der Waals surface area contributed by atoms with E-state index in [0.29, 0.717) is 6.04 Å². The summed E-state index contributed by atoms with van der Waals surface area (Å²) in [6.45, 7) is 1.85. The van der Waals surface area contributed by atoms with Gasteiger partial charge < -0.3 is 15.6 Å². The number of carbonyl (C=O) groups excluding carboxylic acids is 1. The molecule has 1 aromatic heterocycles. The molecule has 0 spiro atoms. The predicted molar refractivity (Wildman–Crippen MR) is 76.3 cm³/mol. The Hall–Kier alpha value is -1.81. The van der Waals surface area contributed by atoms with Gasteiger partial charge in [0.25, 0.3) is 5.91 Å². The Morgan fingerprint density at radius 1 is 1.37 bits per heavy atom. The highest BCUT2D eigenvalue weighted by Gasteiger charge is 2.14. The van der Waals surface area contributed by atoms with Crippen molar-refractivity contribution in [3.8, 4) is 0 Å². The van der Waals surface area contributed by atoms with E-state index in [4.69, 9.17) is 0 Å². The van der Waals surface area contributed by atoms with Gasteiger partial charge in [-0.1, -0.05) is 6.07 Å². The maximum absolute atomic E-state index is 12.2. The summed E-state index contributed by atoms with van der Waals surface area (Å²) in [5.74, 6) is 0.0168. The van der Waals surface area contributed by atoms with Crippen LogP contribution < -0.4 is 10.6 Å². The molecule has 1 fully saturated rings. The maximum Gasteiger partial charge on any atom is 0.251 e. The molecule has 100 valence electrons. The highest BCUT2D eigenvalue weighted by Crippen LogP contribution is 2.17. The first-order valence-corrected chi connectivity index (χ1v) is 6.92. The van der Waals surface area contributed by atoms with Crippen LogP contribution in [0.1, 0.15) is 29.6 Å². The number of rotatable bonds is 4. The average Bonchev–Trinajstić information content (AvgIpc) is 3.08. The lowest BCUT2D eigenvalue weighted by Crippen LogP contribution is -2.30. The summed E-state index contributed by atoms with van der Waals surface area (Å²) < 4.78 is 0. The number of benzene rings is 1. The molecule has 1 aromatic carbocycles. The molecule has 4 nitrogen and oxygen atoms in total. The standard InChI is InChI=1S/C15H19N3O/c19-15(18-9-6-11-3-2-8-16-11)13-4-1-5-14-12(13)7-10-17-14/h1,4-5,7,10-11,16-17H,2-3,6,8-9H2,(H,18,19)/t11-/m0/s1. The highest BCUT2D eigenvalue weighted by atomic mass is 16.1. The van der Waals surface area contributed by atoms with E-state index in [-0.39, 0.29) is 5.91 Å². The van der Waals surface area contributed by atoms with Gasteiger partial charge in [0.15, 0.2) is 0 Å². The Morgan fingerprint density at radius 3 is 3.16 bits per heavy atom. The van der Waals surface area contributed by atoms with Crippen molar-refractivity contribution in [2.75, 3.05) is 13.1 Å². The predicted octanol–water partition coefficient (Wildman–Crippen LogP) is 2.04. The summed E-state index contributed by atoms with van der Waals surface area (Å²) in [5, 5.41) is 7.44. The number of hydrogen-bond donors (Lipinski definition) is 3. The number of aromatic nitrogens is 1. The fourth-order valence-corrected chi connectivity index (χ4v) is 2.74. The Balaban J connectivity index is 1.62. The molecule has 1 amide bonds. The van der Waals surface area contributed by atoms with Crippen molar-refractivity contribution in [3.05, 3.63) is 36.0 Å². The molecule has 2 aromatic rings. The van der Waals surface area contributed by atoms with Gasteiger partial charge in [-0.05, 0) is 44.0 Å². The molecule has 3 N–H and O–H groups in total. The minimum Gasteiger partial charge on any atom is -0.361 e. The van der Waals surface area contributed by atoms with Crippen LogP contribution in [0.2, 0.25) is 0 Å². The number of fused-ring (bicyclic) bond motifs is 1. The third-order valence-corrected chi connectivity index (χ3v) is 3.78. The van der Waals surface area contributed by atoms with Crippen molar-refractivity contribution in [1.29, 1.82) is 0 Å². The Bertz CT molecular complexity index is 570. The van der Waals surface area contributed by atoms with Crippen LogP contribution in [0.25, 0.3) is 10.9 Å². The molecule has 2 heterocycles. The average molecular weight is 257 g/mol. The van der Waals surface area contributed by atoms with Gasteiger partial charge in [-0.3, -0.25) is 4.79 Å². The Morgan fingerprint density at radius 2 is 2.32 bits per heavy atom. The normalized spacial score (nSPS) is 18.8. The molecule has 0 aliphatic carbocycles. The number of hydrogen-bond acceptors (Lipinski definition) is 2. The van der Waals surface area contributed by atoms with E-state index >= 15 is 0 Å². The van der Waals surface area contributed by atoms with Crippen molar-refractivity contribution in [2.24, 2.45) is 0 Å². The van der Waals surface area contributed by atoms with Gasteiger partial charge in [0.05, 0.1) is 0 Å². The van der Waals surface area contributed by atoms with E-state index in [1.165, 1.54) is 12.8 Å². The first-order chi connectivity index (χ1) is 9.34. The molecule has 0 saturated carbocycles. The monoisotopic (exact) mass is 257 g/mol. The van der Waals surface area contributed by atoms with Gasteiger partial charge in [-0.15, -0.1) is 0 Å². The molecular weight excluding hydrogens is 238 g/mol. The third-order valence-electron chi connectivity index (χ3n) is 3.78. The number of aromatic amines is 1. The molecule has 0 radical (unpaired) electrons. The molecule has 4 heteroatoms. The van der Waals surface area contributed by atoms with Gasteiger partial charge in [-0.25, -0.2) is 0 Å². The summed E-state index contributed by atoms with van der Waals surface area (Å²) in [7, 11) is 0. The van der Waals surface area contributed by atoms with Gasteiger partial charge in [-0.2, -0.15) is 0 Å². The fourth-order valence-electron chi connectivity index (χ4n) is 2.74. The number of H-pyrrole nitrogens is 1. The fraction of sp³-hybridized carbons (Fsp3) is 0.400. The molecule has 1 aliphatic heterocycles. The topological polar surface area (TPSA) is 56.9 Å². The molecule has 1 saturated heterocycles. The molecule has 1 atom stereocenters. The summed E-state index contributed by atoms with van der Waals surface area (Å²) in [6.07, 6.45) is 5.35.